The molecule has 6 nitrogen and oxygen atoms in total. The molecule has 8 heteroatoms. The number of ether oxygens (including phenoxy) is 1. The van der Waals surface area contributed by atoms with Crippen LogP contribution in [0.1, 0.15) is 11.5 Å². The third-order valence-corrected chi connectivity index (χ3v) is 4.19. The Bertz CT molecular complexity index is 827. The van der Waals surface area contributed by atoms with Gasteiger partial charge in [-0.3, -0.25) is 4.79 Å². The van der Waals surface area contributed by atoms with Gasteiger partial charge in [0, 0.05) is 24.2 Å². The van der Waals surface area contributed by atoms with Gasteiger partial charge in [0.15, 0.2) is 11.6 Å². The molecule has 0 spiro atoms. The van der Waals surface area contributed by atoms with Crippen molar-refractivity contribution < 1.29 is 23.1 Å². The van der Waals surface area contributed by atoms with E-state index in [1.807, 2.05) is 12.1 Å². The van der Waals surface area contributed by atoms with E-state index in [0.717, 1.165) is 17.7 Å². The van der Waals surface area contributed by atoms with Gasteiger partial charge < -0.3 is 20.7 Å². The Hall–Kier alpha value is -3.16. The molecule has 0 unspecified atom stereocenters. The first-order valence-corrected chi connectivity index (χ1v) is 7.92. The maximum Gasteiger partial charge on any atom is 0.319 e. The maximum absolute atomic E-state index is 13.2. The van der Waals surface area contributed by atoms with Crippen LogP contribution in [0.25, 0.3) is 0 Å². The minimum absolute atomic E-state index is 0.0841. The SMILES string of the molecule is COc1ccc([C@@H]2CNC(=O)[C@H]2NC(=O)Nc2ccc(F)c(F)c2)cc1. The van der Waals surface area contributed by atoms with E-state index >= 15 is 0 Å². The first-order valence-electron chi connectivity index (χ1n) is 7.92. The second-order valence-corrected chi connectivity index (χ2v) is 5.83. The molecular weight excluding hydrogens is 344 g/mol. The molecule has 1 heterocycles. The number of amides is 3. The minimum Gasteiger partial charge on any atom is -0.497 e. The summed E-state index contributed by atoms with van der Waals surface area (Å²) >= 11 is 0. The number of methoxy groups -OCH3 is 1. The molecule has 3 N–H and O–H groups in total. The lowest BCUT2D eigenvalue weighted by molar-refractivity contribution is -0.120. The number of carbonyl (C=O) groups is 2. The third kappa shape index (κ3) is 3.74. The summed E-state index contributed by atoms with van der Waals surface area (Å²) < 4.78 is 31.3. The number of anilines is 1. The first-order chi connectivity index (χ1) is 12.5. The predicted molar refractivity (Wildman–Crippen MR) is 91.0 cm³/mol. The second-order valence-electron chi connectivity index (χ2n) is 5.83. The summed E-state index contributed by atoms with van der Waals surface area (Å²) in [6.45, 7) is 0.376. The molecule has 0 saturated carbocycles. The molecule has 136 valence electrons. The van der Waals surface area contributed by atoms with Gasteiger partial charge in [0.05, 0.1) is 7.11 Å². The van der Waals surface area contributed by atoms with Gasteiger partial charge in [0.25, 0.3) is 0 Å². The average molecular weight is 361 g/mol. The van der Waals surface area contributed by atoms with Crippen LogP contribution in [0.2, 0.25) is 0 Å². The van der Waals surface area contributed by atoms with Gasteiger partial charge in [-0.2, -0.15) is 0 Å². The largest absolute Gasteiger partial charge is 0.497 e. The van der Waals surface area contributed by atoms with Crippen LogP contribution in [0.5, 0.6) is 5.75 Å². The van der Waals surface area contributed by atoms with Crippen molar-refractivity contribution in [2.24, 2.45) is 0 Å². The number of hydrogen-bond acceptors (Lipinski definition) is 3. The Labute approximate surface area is 148 Å². The van der Waals surface area contributed by atoms with Crippen LogP contribution in [0.4, 0.5) is 19.3 Å². The first kappa shape index (κ1) is 17.7. The zero-order valence-electron chi connectivity index (χ0n) is 13.9. The van der Waals surface area contributed by atoms with Crippen molar-refractivity contribution in [3.05, 3.63) is 59.7 Å². The van der Waals surface area contributed by atoms with Crippen molar-refractivity contribution in [1.82, 2.24) is 10.6 Å². The topological polar surface area (TPSA) is 79.5 Å². The molecule has 1 fully saturated rings. The van der Waals surface area contributed by atoms with Crippen LogP contribution in [0.15, 0.2) is 42.5 Å². The van der Waals surface area contributed by atoms with Crippen LogP contribution < -0.4 is 20.7 Å². The number of nitrogens with one attached hydrogen (secondary N) is 3. The maximum atomic E-state index is 13.2. The molecule has 0 aliphatic carbocycles. The zero-order chi connectivity index (χ0) is 18.7. The molecule has 3 rings (SSSR count). The minimum atomic E-state index is -1.07. The van der Waals surface area contributed by atoms with E-state index in [1.54, 1.807) is 19.2 Å². The van der Waals surface area contributed by atoms with Gasteiger partial charge in [-0.05, 0) is 29.8 Å². The molecule has 26 heavy (non-hydrogen) atoms. The van der Waals surface area contributed by atoms with E-state index in [0.29, 0.717) is 12.3 Å². The molecule has 0 radical (unpaired) electrons. The van der Waals surface area contributed by atoms with Crippen LogP contribution in [0, 0.1) is 11.6 Å². The highest BCUT2D eigenvalue weighted by Crippen LogP contribution is 2.25. The number of urea groups is 1. The molecule has 1 aliphatic heterocycles. The van der Waals surface area contributed by atoms with Gasteiger partial charge in [-0.1, -0.05) is 12.1 Å². The van der Waals surface area contributed by atoms with Crippen molar-refractivity contribution in [3.63, 3.8) is 0 Å². The standard InChI is InChI=1S/C18H17F2N3O3/c1-26-12-5-2-10(3-6-12)13-9-21-17(24)16(13)23-18(25)22-11-4-7-14(19)15(20)8-11/h2-8,13,16H,9H2,1H3,(H,21,24)(H2,22,23,25)/t13-,16-/m0/s1. The summed E-state index contributed by atoms with van der Waals surface area (Å²) in [4.78, 5) is 24.2. The normalized spacial score (nSPS) is 19.0. The average Bonchev–Trinajstić information content (AvgIpc) is 2.99. The monoisotopic (exact) mass is 361 g/mol. The van der Waals surface area contributed by atoms with E-state index in [1.165, 1.54) is 6.07 Å². The summed E-state index contributed by atoms with van der Waals surface area (Å²) in [7, 11) is 1.56. The highest BCUT2D eigenvalue weighted by atomic mass is 19.2. The lowest BCUT2D eigenvalue weighted by Crippen LogP contribution is -2.44. The van der Waals surface area contributed by atoms with Crippen LogP contribution in [-0.2, 0) is 4.79 Å². The molecule has 3 amide bonds. The van der Waals surface area contributed by atoms with E-state index < -0.39 is 23.7 Å². The molecule has 2 aromatic rings. The summed E-state index contributed by atoms with van der Waals surface area (Å²) in [6.07, 6.45) is 0. The van der Waals surface area contributed by atoms with Gasteiger partial charge in [-0.25, -0.2) is 13.6 Å². The van der Waals surface area contributed by atoms with Crippen LogP contribution >= 0.6 is 0 Å². The number of rotatable bonds is 4. The predicted octanol–water partition coefficient (Wildman–Crippen LogP) is 2.38. The Kier molecular flexibility index (Phi) is 5.01. The quantitative estimate of drug-likeness (QED) is 0.782. The molecule has 1 aliphatic rings. The van der Waals surface area contributed by atoms with Crippen molar-refractivity contribution in [3.8, 4) is 5.75 Å². The van der Waals surface area contributed by atoms with E-state index in [4.69, 9.17) is 4.74 Å². The lowest BCUT2D eigenvalue weighted by atomic mass is 9.94. The van der Waals surface area contributed by atoms with Crippen molar-refractivity contribution in [2.45, 2.75) is 12.0 Å². The van der Waals surface area contributed by atoms with Gasteiger partial charge in [0.1, 0.15) is 11.8 Å². The zero-order valence-corrected chi connectivity index (χ0v) is 13.9. The smallest absolute Gasteiger partial charge is 0.319 e. The Morgan fingerprint density at radius 2 is 1.88 bits per heavy atom. The van der Waals surface area contributed by atoms with Crippen LogP contribution in [-0.4, -0.2) is 31.6 Å². The van der Waals surface area contributed by atoms with Gasteiger partial charge >= 0.3 is 6.03 Å². The number of hydrogen-bond donors (Lipinski definition) is 3. The molecule has 0 bridgehead atoms. The molecule has 0 aromatic heterocycles. The number of benzene rings is 2. The fourth-order valence-corrected chi connectivity index (χ4v) is 2.83. The van der Waals surface area contributed by atoms with Gasteiger partial charge in [-0.15, -0.1) is 0 Å². The Balaban J connectivity index is 1.70. The van der Waals surface area contributed by atoms with E-state index in [2.05, 4.69) is 16.0 Å². The second kappa shape index (κ2) is 7.38. The number of carbonyl (C=O) groups excluding carboxylic acids is 2. The lowest BCUT2D eigenvalue weighted by Gasteiger charge is -2.19. The Morgan fingerprint density at radius 3 is 2.54 bits per heavy atom. The summed E-state index contributed by atoms with van der Waals surface area (Å²) in [5, 5.41) is 7.68. The Morgan fingerprint density at radius 1 is 1.15 bits per heavy atom. The molecule has 2 atom stereocenters. The molecular formula is C18H17F2N3O3. The van der Waals surface area contributed by atoms with Gasteiger partial charge in [0.2, 0.25) is 5.91 Å². The molecule has 1 saturated heterocycles. The fourth-order valence-electron chi connectivity index (χ4n) is 2.83. The van der Waals surface area contributed by atoms with E-state index in [9.17, 15) is 18.4 Å². The van der Waals surface area contributed by atoms with E-state index in [-0.39, 0.29) is 17.5 Å². The summed E-state index contributed by atoms with van der Waals surface area (Å²) in [6, 6.07) is 8.74. The summed E-state index contributed by atoms with van der Waals surface area (Å²) in [5.41, 5.74) is 0.947. The highest BCUT2D eigenvalue weighted by molar-refractivity contribution is 5.95. The van der Waals surface area contributed by atoms with Crippen molar-refractivity contribution in [1.29, 1.82) is 0 Å². The third-order valence-electron chi connectivity index (χ3n) is 4.19. The van der Waals surface area contributed by atoms with Crippen LogP contribution in [0.3, 0.4) is 0 Å². The summed E-state index contributed by atoms with van der Waals surface area (Å²) in [5.74, 6) is -1.97. The molecule has 2 aromatic carbocycles. The highest BCUT2D eigenvalue weighted by Gasteiger charge is 2.36. The number of halogens is 2. The van der Waals surface area contributed by atoms with Crippen molar-refractivity contribution >= 4 is 17.6 Å². The fraction of sp³-hybridized carbons (Fsp3) is 0.222. The van der Waals surface area contributed by atoms with Crippen molar-refractivity contribution in [2.75, 3.05) is 19.0 Å².